The molecule has 0 unspecified atom stereocenters. The van der Waals surface area contributed by atoms with Crippen molar-refractivity contribution >= 4 is 11.3 Å². The van der Waals surface area contributed by atoms with Gasteiger partial charge in [-0.05, 0) is 48.4 Å². The number of fused-ring (bicyclic) bond motifs is 1. The van der Waals surface area contributed by atoms with Crippen LogP contribution in [0.1, 0.15) is 22.6 Å². The molecule has 1 aliphatic heterocycles. The Morgan fingerprint density at radius 2 is 2.24 bits per heavy atom. The number of nitrogens with zero attached hydrogens (tertiary/aromatic N) is 2. The zero-order valence-corrected chi connectivity index (χ0v) is 13.7. The second-order valence-electron chi connectivity index (χ2n) is 6.00. The van der Waals surface area contributed by atoms with E-state index in [0.29, 0.717) is 5.92 Å². The maximum absolute atomic E-state index is 5.29. The summed E-state index contributed by atoms with van der Waals surface area (Å²) >= 11 is 1.88. The van der Waals surface area contributed by atoms with E-state index in [9.17, 15) is 0 Å². The third-order valence-electron chi connectivity index (χ3n) is 4.35. The molecule has 0 aromatic carbocycles. The number of aromatic nitrogens is 1. The first kappa shape index (κ1) is 14.8. The predicted molar refractivity (Wildman–Crippen MR) is 87.6 cm³/mol. The molecule has 3 heterocycles. The van der Waals surface area contributed by atoms with Gasteiger partial charge in [-0.15, -0.1) is 11.3 Å². The molecule has 0 amide bonds. The fourth-order valence-electron chi connectivity index (χ4n) is 3.12. The molecule has 0 spiro atoms. The van der Waals surface area contributed by atoms with E-state index in [1.54, 1.807) is 7.11 Å². The standard InChI is InChI=1S/C17H24N2OS/c1-14-6-9-21-17(14)13-18-10-15(5-8-20-2)11-19-7-3-4-16(19)12-18/h3-4,6-7,9,15H,5,8,10-13H2,1-2H3/t15-/m1/s1. The Balaban J connectivity index is 1.75. The molecule has 0 saturated heterocycles. The van der Waals surface area contributed by atoms with Crippen molar-refractivity contribution in [3.8, 4) is 0 Å². The number of methoxy groups -OCH3 is 1. The van der Waals surface area contributed by atoms with Crippen LogP contribution in [0.4, 0.5) is 0 Å². The van der Waals surface area contributed by atoms with Crippen molar-refractivity contribution in [2.24, 2.45) is 5.92 Å². The molecular weight excluding hydrogens is 280 g/mol. The van der Waals surface area contributed by atoms with Crippen molar-refractivity contribution in [2.45, 2.75) is 33.0 Å². The number of thiophene rings is 1. The molecule has 0 bridgehead atoms. The minimum Gasteiger partial charge on any atom is -0.385 e. The van der Waals surface area contributed by atoms with E-state index < -0.39 is 0 Å². The smallest absolute Gasteiger partial charge is 0.0466 e. The number of aryl methyl sites for hydroxylation is 1. The van der Waals surface area contributed by atoms with E-state index in [2.05, 4.69) is 46.2 Å². The van der Waals surface area contributed by atoms with Crippen LogP contribution in [0.5, 0.6) is 0 Å². The minimum absolute atomic E-state index is 0.666. The Morgan fingerprint density at radius 3 is 3.00 bits per heavy atom. The number of hydrogen-bond acceptors (Lipinski definition) is 3. The minimum atomic E-state index is 0.666. The fourth-order valence-corrected chi connectivity index (χ4v) is 4.07. The Bertz CT molecular complexity index is 575. The van der Waals surface area contributed by atoms with Crippen molar-refractivity contribution in [3.05, 3.63) is 45.9 Å². The third kappa shape index (κ3) is 3.57. The number of rotatable bonds is 5. The van der Waals surface area contributed by atoms with Gasteiger partial charge >= 0.3 is 0 Å². The van der Waals surface area contributed by atoms with Crippen molar-refractivity contribution in [1.29, 1.82) is 0 Å². The van der Waals surface area contributed by atoms with Gasteiger partial charge in [0.1, 0.15) is 0 Å². The van der Waals surface area contributed by atoms with Crippen LogP contribution >= 0.6 is 11.3 Å². The molecule has 3 nitrogen and oxygen atoms in total. The summed E-state index contributed by atoms with van der Waals surface area (Å²) in [6.45, 7) is 7.46. The SMILES string of the molecule is COCC[C@@H]1CN(Cc2sccc2C)Cc2cccn2C1. The highest BCUT2D eigenvalue weighted by atomic mass is 32.1. The van der Waals surface area contributed by atoms with E-state index in [0.717, 1.165) is 39.2 Å². The lowest BCUT2D eigenvalue weighted by Crippen LogP contribution is -2.28. The van der Waals surface area contributed by atoms with E-state index in [1.807, 2.05) is 11.3 Å². The first-order valence-electron chi connectivity index (χ1n) is 7.64. The number of ether oxygens (including phenoxy) is 1. The third-order valence-corrected chi connectivity index (χ3v) is 5.35. The van der Waals surface area contributed by atoms with Gasteiger partial charge in [0.05, 0.1) is 0 Å². The average Bonchev–Trinajstić information content (AvgIpc) is 3.03. The van der Waals surface area contributed by atoms with Crippen LogP contribution in [0.15, 0.2) is 29.8 Å². The van der Waals surface area contributed by atoms with Gasteiger partial charge in [-0.1, -0.05) is 0 Å². The Labute approximate surface area is 131 Å². The van der Waals surface area contributed by atoms with E-state index >= 15 is 0 Å². The van der Waals surface area contributed by atoms with E-state index in [1.165, 1.54) is 16.1 Å². The monoisotopic (exact) mass is 304 g/mol. The van der Waals surface area contributed by atoms with Gasteiger partial charge in [-0.2, -0.15) is 0 Å². The normalized spacial score (nSPS) is 19.4. The zero-order valence-electron chi connectivity index (χ0n) is 12.9. The van der Waals surface area contributed by atoms with Gasteiger partial charge in [0.15, 0.2) is 0 Å². The molecule has 114 valence electrons. The molecular formula is C17H24N2OS. The van der Waals surface area contributed by atoms with Gasteiger partial charge in [-0.3, -0.25) is 4.90 Å². The molecule has 1 atom stereocenters. The Hall–Kier alpha value is -1.10. The van der Waals surface area contributed by atoms with Crippen LogP contribution in [0, 0.1) is 12.8 Å². The molecule has 21 heavy (non-hydrogen) atoms. The van der Waals surface area contributed by atoms with Crippen molar-refractivity contribution < 1.29 is 4.74 Å². The van der Waals surface area contributed by atoms with Gasteiger partial charge < -0.3 is 9.30 Å². The lowest BCUT2D eigenvalue weighted by atomic mass is 10.1. The van der Waals surface area contributed by atoms with Gasteiger partial charge in [0.2, 0.25) is 0 Å². The number of hydrogen-bond donors (Lipinski definition) is 0. The molecule has 1 aliphatic rings. The highest BCUT2D eigenvalue weighted by Gasteiger charge is 2.22. The summed E-state index contributed by atoms with van der Waals surface area (Å²) in [7, 11) is 1.80. The topological polar surface area (TPSA) is 17.4 Å². The van der Waals surface area contributed by atoms with Crippen LogP contribution in [0.3, 0.4) is 0 Å². The molecule has 2 aromatic rings. The lowest BCUT2D eigenvalue weighted by Gasteiger charge is -2.23. The molecule has 2 aromatic heterocycles. The van der Waals surface area contributed by atoms with E-state index in [4.69, 9.17) is 4.74 Å². The van der Waals surface area contributed by atoms with E-state index in [-0.39, 0.29) is 0 Å². The first-order valence-corrected chi connectivity index (χ1v) is 8.52. The van der Waals surface area contributed by atoms with Crippen molar-refractivity contribution in [3.63, 3.8) is 0 Å². The molecule has 0 fully saturated rings. The summed E-state index contributed by atoms with van der Waals surface area (Å²) in [6.07, 6.45) is 3.35. The van der Waals surface area contributed by atoms with Crippen LogP contribution in [-0.2, 0) is 24.4 Å². The fraction of sp³-hybridized carbons (Fsp3) is 0.529. The molecule has 0 N–H and O–H groups in total. The summed E-state index contributed by atoms with van der Waals surface area (Å²) in [5, 5.41) is 2.20. The average molecular weight is 304 g/mol. The Kier molecular flexibility index (Phi) is 4.78. The Morgan fingerprint density at radius 1 is 1.33 bits per heavy atom. The highest BCUT2D eigenvalue weighted by molar-refractivity contribution is 7.10. The molecule has 4 heteroatoms. The highest BCUT2D eigenvalue weighted by Crippen LogP contribution is 2.24. The summed E-state index contributed by atoms with van der Waals surface area (Å²) in [4.78, 5) is 4.10. The molecule has 0 radical (unpaired) electrons. The van der Waals surface area contributed by atoms with Crippen molar-refractivity contribution in [2.75, 3.05) is 20.3 Å². The van der Waals surface area contributed by atoms with Crippen LogP contribution in [-0.4, -0.2) is 29.7 Å². The van der Waals surface area contributed by atoms with Gasteiger partial charge in [-0.25, -0.2) is 0 Å². The maximum atomic E-state index is 5.29. The summed E-state index contributed by atoms with van der Waals surface area (Å²) in [5.74, 6) is 0.666. The molecule has 0 saturated carbocycles. The van der Waals surface area contributed by atoms with Crippen LogP contribution in [0.25, 0.3) is 0 Å². The quantitative estimate of drug-likeness (QED) is 0.841. The van der Waals surface area contributed by atoms with Crippen LogP contribution in [0.2, 0.25) is 0 Å². The predicted octanol–water partition coefficient (Wildman–Crippen LogP) is 3.53. The second-order valence-corrected chi connectivity index (χ2v) is 7.00. The van der Waals surface area contributed by atoms with Crippen LogP contribution < -0.4 is 0 Å². The largest absolute Gasteiger partial charge is 0.385 e. The zero-order chi connectivity index (χ0) is 14.7. The molecule has 0 aliphatic carbocycles. The van der Waals surface area contributed by atoms with Crippen molar-refractivity contribution in [1.82, 2.24) is 9.47 Å². The lowest BCUT2D eigenvalue weighted by molar-refractivity contribution is 0.151. The second kappa shape index (κ2) is 6.77. The maximum Gasteiger partial charge on any atom is 0.0466 e. The van der Waals surface area contributed by atoms with Gasteiger partial charge in [0, 0.05) is 56.7 Å². The summed E-state index contributed by atoms with van der Waals surface area (Å²) in [6, 6.07) is 6.65. The summed E-state index contributed by atoms with van der Waals surface area (Å²) < 4.78 is 7.71. The summed E-state index contributed by atoms with van der Waals surface area (Å²) in [5.41, 5.74) is 2.86. The van der Waals surface area contributed by atoms with Gasteiger partial charge in [0.25, 0.3) is 0 Å². The first-order chi connectivity index (χ1) is 10.3. The molecule has 3 rings (SSSR count).